The number of rotatable bonds is 5. The molecule has 14 heavy (non-hydrogen) atoms. The Morgan fingerprint density at radius 3 is 2.43 bits per heavy atom. The number of hydrogen-bond acceptors (Lipinski definition) is 2. The molecule has 0 aromatic carbocycles. The van der Waals surface area contributed by atoms with Crippen LogP contribution in [0.5, 0.6) is 0 Å². The van der Waals surface area contributed by atoms with Gasteiger partial charge in [0.1, 0.15) is 0 Å². The smallest absolute Gasteiger partial charge is 0.0740 e. The second-order valence-corrected chi connectivity index (χ2v) is 5.47. The maximum absolute atomic E-state index is 9.82. The summed E-state index contributed by atoms with van der Waals surface area (Å²) in [6, 6.07) is 0. The van der Waals surface area contributed by atoms with Gasteiger partial charge in [-0.15, -0.1) is 0 Å². The highest BCUT2D eigenvalue weighted by atomic mass is 16.3. The number of nitrogens with one attached hydrogen (secondary N) is 1. The van der Waals surface area contributed by atoms with Gasteiger partial charge in [0.05, 0.1) is 5.60 Å². The monoisotopic (exact) mass is 199 g/mol. The topological polar surface area (TPSA) is 32.3 Å². The van der Waals surface area contributed by atoms with Gasteiger partial charge in [0.2, 0.25) is 0 Å². The molecule has 2 N–H and O–H groups in total. The van der Waals surface area contributed by atoms with Crippen molar-refractivity contribution in [1.82, 2.24) is 5.32 Å². The Bertz CT molecular complexity index is 171. The Labute approximate surface area is 88.1 Å². The summed E-state index contributed by atoms with van der Waals surface area (Å²) in [7, 11) is 0. The lowest BCUT2D eigenvalue weighted by Gasteiger charge is -2.27. The summed E-state index contributed by atoms with van der Waals surface area (Å²) in [5, 5.41) is 13.2. The van der Waals surface area contributed by atoms with Crippen molar-refractivity contribution in [3.8, 4) is 0 Å². The van der Waals surface area contributed by atoms with E-state index in [9.17, 15) is 5.11 Å². The highest BCUT2D eigenvalue weighted by Gasteiger charge is 2.28. The molecule has 0 amide bonds. The predicted octanol–water partition coefficient (Wildman–Crippen LogP) is 2.32. The Balaban J connectivity index is 2.20. The second kappa shape index (κ2) is 4.63. The second-order valence-electron chi connectivity index (χ2n) is 5.47. The molecule has 84 valence electrons. The van der Waals surface area contributed by atoms with Gasteiger partial charge in [0.25, 0.3) is 0 Å². The van der Waals surface area contributed by atoms with Crippen LogP contribution in [0.3, 0.4) is 0 Å². The molecule has 0 heterocycles. The van der Waals surface area contributed by atoms with Crippen molar-refractivity contribution in [1.29, 1.82) is 0 Å². The van der Waals surface area contributed by atoms with Crippen LogP contribution in [-0.2, 0) is 0 Å². The fourth-order valence-electron chi connectivity index (χ4n) is 2.16. The first kappa shape index (κ1) is 12.0. The van der Waals surface area contributed by atoms with Crippen molar-refractivity contribution < 1.29 is 5.11 Å². The molecule has 1 unspecified atom stereocenters. The van der Waals surface area contributed by atoms with Crippen LogP contribution in [0.15, 0.2) is 0 Å². The van der Waals surface area contributed by atoms with Crippen molar-refractivity contribution in [3.63, 3.8) is 0 Å². The van der Waals surface area contributed by atoms with Gasteiger partial charge in [0.15, 0.2) is 0 Å². The summed E-state index contributed by atoms with van der Waals surface area (Å²) >= 11 is 0. The summed E-state index contributed by atoms with van der Waals surface area (Å²) in [5.41, 5.74) is -0.0429. The van der Waals surface area contributed by atoms with E-state index in [0.29, 0.717) is 5.41 Å². The van der Waals surface area contributed by atoms with Crippen LogP contribution in [-0.4, -0.2) is 23.8 Å². The summed E-state index contributed by atoms with van der Waals surface area (Å²) < 4.78 is 0. The minimum Gasteiger partial charge on any atom is -0.389 e. The summed E-state index contributed by atoms with van der Waals surface area (Å²) in [4.78, 5) is 0. The van der Waals surface area contributed by atoms with E-state index in [-0.39, 0.29) is 0 Å². The van der Waals surface area contributed by atoms with Crippen LogP contribution < -0.4 is 5.32 Å². The Morgan fingerprint density at radius 1 is 1.36 bits per heavy atom. The van der Waals surface area contributed by atoms with E-state index < -0.39 is 5.60 Å². The Hall–Kier alpha value is -0.0800. The molecule has 1 saturated carbocycles. The van der Waals surface area contributed by atoms with E-state index in [1.807, 2.05) is 13.8 Å². The van der Waals surface area contributed by atoms with Crippen LogP contribution in [0, 0.1) is 5.41 Å². The number of hydrogen-bond donors (Lipinski definition) is 2. The zero-order valence-electron chi connectivity index (χ0n) is 9.90. The normalized spacial score (nSPS) is 24.9. The van der Waals surface area contributed by atoms with Crippen molar-refractivity contribution >= 4 is 0 Å². The first-order valence-corrected chi connectivity index (χ1v) is 5.91. The third-order valence-electron chi connectivity index (χ3n) is 3.63. The molecule has 1 rings (SSSR count). The van der Waals surface area contributed by atoms with Gasteiger partial charge < -0.3 is 10.4 Å². The van der Waals surface area contributed by atoms with Crippen molar-refractivity contribution in [2.75, 3.05) is 13.1 Å². The summed E-state index contributed by atoms with van der Waals surface area (Å²) in [6.07, 6.45) is 6.25. The highest BCUT2D eigenvalue weighted by molar-refractivity contribution is 4.84. The average molecular weight is 199 g/mol. The summed E-state index contributed by atoms with van der Waals surface area (Å²) in [5.74, 6) is 0. The molecule has 1 atom stereocenters. The van der Waals surface area contributed by atoms with Gasteiger partial charge in [-0.3, -0.25) is 0 Å². The van der Waals surface area contributed by atoms with E-state index >= 15 is 0 Å². The lowest BCUT2D eigenvalue weighted by Crippen LogP contribution is -2.41. The van der Waals surface area contributed by atoms with E-state index in [1.165, 1.54) is 25.7 Å². The van der Waals surface area contributed by atoms with Gasteiger partial charge >= 0.3 is 0 Å². The largest absolute Gasteiger partial charge is 0.389 e. The lowest BCUT2D eigenvalue weighted by atomic mass is 9.88. The maximum Gasteiger partial charge on any atom is 0.0740 e. The third-order valence-corrected chi connectivity index (χ3v) is 3.63. The van der Waals surface area contributed by atoms with Crippen LogP contribution in [0.2, 0.25) is 0 Å². The molecule has 0 aliphatic heterocycles. The predicted molar refractivity (Wildman–Crippen MR) is 60.4 cm³/mol. The molecule has 0 bridgehead atoms. The van der Waals surface area contributed by atoms with Crippen LogP contribution >= 0.6 is 0 Å². The first-order valence-electron chi connectivity index (χ1n) is 5.91. The van der Waals surface area contributed by atoms with Gasteiger partial charge in [-0.1, -0.05) is 26.7 Å². The van der Waals surface area contributed by atoms with Gasteiger partial charge in [-0.05, 0) is 31.6 Å². The van der Waals surface area contributed by atoms with Crippen molar-refractivity contribution in [3.05, 3.63) is 0 Å². The molecule has 0 radical (unpaired) electrons. The summed E-state index contributed by atoms with van der Waals surface area (Å²) in [6.45, 7) is 8.06. The van der Waals surface area contributed by atoms with Crippen molar-refractivity contribution in [2.24, 2.45) is 5.41 Å². The zero-order valence-corrected chi connectivity index (χ0v) is 9.90. The quantitative estimate of drug-likeness (QED) is 0.712. The first-order chi connectivity index (χ1) is 6.47. The molecule has 0 aromatic rings. The molecule has 2 nitrogen and oxygen atoms in total. The molecular formula is C12H25NO. The van der Waals surface area contributed by atoms with E-state index in [4.69, 9.17) is 0 Å². The van der Waals surface area contributed by atoms with Crippen LogP contribution in [0.1, 0.15) is 52.9 Å². The minimum atomic E-state index is -0.533. The van der Waals surface area contributed by atoms with Crippen LogP contribution in [0.4, 0.5) is 0 Å². The van der Waals surface area contributed by atoms with Gasteiger partial charge in [0, 0.05) is 13.1 Å². The molecule has 1 fully saturated rings. The zero-order chi connectivity index (χ0) is 10.7. The molecule has 0 spiro atoms. The molecular weight excluding hydrogens is 174 g/mol. The van der Waals surface area contributed by atoms with E-state index in [1.54, 1.807) is 0 Å². The minimum absolute atomic E-state index is 0.490. The average Bonchev–Trinajstić information content (AvgIpc) is 2.52. The standard InChI is InChI=1S/C12H25NO/c1-4-12(3,14)10-13-9-11(2)7-5-6-8-11/h13-14H,4-10H2,1-3H3. The fourth-order valence-corrected chi connectivity index (χ4v) is 2.16. The molecule has 0 saturated heterocycles. The molecule has 0 aromatic heterocycles. The molecule has 1 aliphatic rings. The Morgan fingerprint density at radius 2 is 1.93 bits per heavy atom. The highest BCUT2D eigenvalue weighted by Crippen LogP contribution is 2.36. The molecule has 1 aliphatic carbocycles. The van der Waals surface area contributed by atoms with E-state index in [2.05, 4.69) is 12.2 Å². The maximum atomic E-state index is 9.82. The lowest BCUT2D eigenvalue weighted by molar-refractivity contribution is 0.0530. The van der Waals surface area contributed by atoms with Gasteiger partial charge in [-0.25, -0.2) is 0 Å². The van der Waals surface area contributed by atoms with E-state index in [0.717, 1.165) is 19.5 Å². The fraction of sp³-hybridized carbons (Fsp3) is 1.00. The van der Waals surface area contributed by atoms with Crippen molar-refractivity contribution in [2.45, 2.75) is 58.5 Å². The van der Waals surface area contributed by atoms with Gasteiger partial charge in [-0.2, -0.15) is 0 Å². The SMILES string of the molecule is CCC(C)(O)CNCC1(C)CCCC1. The van der Waals surface area contributed by atoms with Crippen LogP contribution in [0.25, 0.3) is 0 Å². The molecule has 2 heteroatoms. The Kier molecular flexibility index (Phi) is 3.96. The number of aliphatic hydroxyl groups is 1. The third kappa shape index (κ3) is 3.58.